The first kappa shape index (κ1) is 22.6. The van der Waals surface area contributed by atoms with Crippen LogP contribution in [0.2, 0.25) is 0 Å². The molecule has 2 amide bonds. The minimum atomic E-state index is -0.739. The fourth-order valence-corrected chi connectivity index (χ4v) is 5.03. The summed E-state index contributed by atoms with van der Waals surface area (Å²) in [6.45, 7) is 4.79. The molecular weight excluding hydrogens is 406 g/mol. The normalized spacial score (nSPS) is 16.8. The van der Waals surface area contributed by atoms with Gasteiger partial charge in [-0.2, -0.15) is 0 Å². The number of nitrogens with one attached hydrogen (secondary N) is 1. The van der Waals surface area contributed by atoms with Crippen LogP contribution in [0.5, 0.6) is 0 Å². The molecule has 0 unspecified atom stereocenters. The number of carbonyl (C=O) groups is 2. The highest BCUT2D eigenvalue weighted by atomic mass is 16.5. The van der Waals surface area contributed by atoms with Crippen molar-refractivity contribution in [3.05, 3.63) is 35.5 Å². The fraction of sp³-hybridized carbons (Fsp3) is 0.600. The molecule has 174 valence electrons. The number of hydrogen-bond acceptors (Lipinski definition) is 3. The van der Waals surface area contributed by atoms with Crippen molar-refractivity contribution < 1.29 is 19.4 Å². The average molecular weight is 442 g/mol. The van der Waals surface area contributed by atoms with Crippen LogP contribution in [0.3, 0.4) is 0 Å². The maximum absolute atomic E-state index is 12.8. The number of rotatable bonds is 9. The zero-order valence-corrected chi connectivity index (χ0v) is 18.9. The predicted molar refractivity (Wildman–Crippen MR) is 124 cm³/mol. The van der Waals surface area contributed by atoms with Crippen LogP contribution in [0.4, 0.5) is 4.79 Å². The average Bonchev–Trinajstić information content (AvgIpc) is 3.12. The lowest BCUT2D eigenvalue weighted by atomic mass is 10.00. The number of unbranched alkanes of at least 4 members (excludes halogenated alkanes) is 3. The maximum Gasteiger partial charge on any atom is 0.317 e. The molecule has 0 radical (unpaired) electrons. The van der Waals surface area contributed by atoms with E-state index in [1.165, 1.54) is 22.2 Å². The van der Waals surface area contributed by atoms with Gasteiger partial charge in [0.2, 0.25) is 0 Å². The van der Waals surface area contributed by atoms with Crippen LogP contribution in [0, 0.1) is 5.92 Å². The smallest absolute Gasteiger partial charge is 0.317 e. The van der Waals surface area contributed by atoms with Crippen LogP contribution >= 0.6 is 0 Å². The van der Waals surface area contributed by atoms with Gasteiger partial charge >= 0.3 is 12.0 Å². The summed E-state index contributed by atoms with van der Waals surface area (Å²) in [4.78, 5) is 25.2. The highest BCUT2D eigenvalue weighted by Crippen LogP contribution is 2.32. The molecule has 2 aliphatic heterocycles. The number of aliphatic carboxylic acids is 1. The minimum Gasteiger partial charge on any atom is -0.481 e. The zero-order chi connectivity index (χ0) is 22.3. The first-order valence-electron chi connectivity index (χ1n) is 12.0. The van der Waals surface area contributed by atoms with Crippen LogP contribution in [-0.4, -0.2) is 52.9 Å². The van der Waals surface area contributed by atoms with Gasteiger partial charge in [-0.15, -0.1) is 0 Å². The quantitative estimate of drug-likeness (QED) is 0.572. The SMILES string of the molecule is O=C(O)CCCCCCNC(=O)N1CCc2c(c3ccccc3n2CC2CCOCC2)C1. The van der Waals surface area contributed by atoms with E-state index in [9.17, 15) is 9.59 Å². The van der Waals surface area contributed by atoms with E-state index >= 15 is 0 Å². The van der Waals surface area contributed by atoms with E-state index in [0.29, 0.717) is 25.4 Å². The molecule has 0 aliphatic carbocycles. The van der Waals surface area contributed by atoms with Crippen molar-refractivity contribution in [3.8, 4) is 0 Å². The number of nitrogens with zero attached hydrogens (tertiary/aromatic N) is 2. The molecule has 0 spiro atoms. The Bertz CT molecular complexity index is 933. The Kier molecular flexibility index (Phi) is 7.68. The Hall–Kier alpha value is -2.54. The molecular formula is C25H35N3O4. The van der Waals surface area contributed by atoms with Crippen LogP contribution in [0.25, 0.3) is 10.9 Å². The molecule has 1 saturated heterocycles. The summed E-state index contributed by atoms with van der Waals surface area (Å²) in [5.74, 6) is -0.0858. The number of carboxylic acid groups (broad SMARTS) is 1. The molecule has 4 rings (SSSR count). The number of ether oxygens (including phenoxy) is 1. The van der Waals surface area contributed by atoms with Crippen LogP contribution in [-0.2, 0) is 29.0 Å². The van der Waals surface area contributed by atoms with Crippen LogP contribution < -0.4 is 5.32 Å². The van der Waals surface area contributed by atoms with E-state index in [4.69, 9.17) is 9.84 Å². The second-order valence-electron chi connectivity index (χ2n) is 9.07. The van der Waals surface area contributed by atoms with E-state index in [2.05, 4.69) is 34.1 Å². The molecule has 7 nitrogen and oxygen atoms in total. The summed E-state index contributed by atoms with van der Waals surface area (Å²) in [6, 6.07) is 8.59. The molecule has 0 bridgehead atoms. The third-order valence-electron chi connectivity index (χ3n) is 6.82. The molecule has 2 aliphatic rings. The van der Waals surface area contributed by atoms with E-state index in [-0.39, 0.29) is 12.5 Å². The zero-order valence-electron chi connectivity index (χ0n) is 18.9. The second-order valence-corrected chi connectivity index (χ2v) is 9.07. The largest absolute Gasteiger partial charge is 0.481 e. The van der Waals surface area contributed by atoms with Crippen molar-refractivity contribution in [2.75, 3.05) is 26.3 Å². The Morgan fingerprint density at radius 2 is 1.88 bits per heavy atom. The highest BCUT2D eigenvalue weighted by Gasteiger charge is 2.27. The number of para-hydroxylation sites is 1. The maximum atomic E-state index is 12.8. The Morgan fingerprint density at radius 3 is 2.69 bits per heavy atom. The van der Waals surface area contributed by atoms with Crippen molar-refractivity contribution in [2.45, 2.75) is 64.5 Å². The van der Waals surface area contributed by atoms with Crippen molar-refractivity contribution >= 4 is 22.9 Å². The lowest BCUT2D eigenvalue weighted by Crippen LogP contribution is -2.43. The molecule has 2 N–H and O–H groups in total. The molecule has 0 atom stereocenters. The number of amides is 2. The van der Waals surface area contributed by atoms with Gasteiger partial charge in [0, 0.05) is 74.4 Å². The Labute approximate surface area is 189 Å². The molecule has 1 aromatic carbocycles. The molecule has 0 saturated carbocycles. The van der Waals surface area contributed by atoms with Gasteiger partial charge in [-0.3, -0.25) is 4.79 Å². The van der Waals surface area contributed by atoms with E-state index < -0.39 is 5.97 Å². The topological polar surface area (TPSA) is 83.8 Å². The van der Waals surface area contributed by atoms with Gasteiger partial charge in [0.1, 0.15) is 0 Å². The lowest BCUT2D eigenvalue weighted by Gasteiger charge is -2.29. The Balaban J connectivity index is 1.35. The van der Waals surface area contributed by atoms with E-state index in [0.717, 1.165) is 64.8 Å². The Morgan fingerprint density at radius 1 is 1.09 bits per heavy atom. The highest BCUT2D eigenvalue weighted by molar-refractivity contribution is 5.86. The molecule has 1 fully saturated rings. The van der Waals surface area contributed by atoms with Gasteiger partial charge in [-0.05, 0) is 37.7 Å². The summed E-state index contributed by atoms with van der Waals surface area (Å²) in [5.41, 5.74) is 3.97. The van der Waals surface area contributed by atoms with Crippen LogP contribution in [0.1, 0.15) is 56.2 Å². The summed E-state index contributed by atoms with van der Waals surface area (Å²) in [5, 5.41) is 13.0. The summed E-state index contributed by atoms with van der Waals surface area (Å²) in [7, 11) is 0. The van der Waals surface area contributed by atoms with Crippen LogP contribution in [0.15, 0.2) is 24.3 Å². The number of carbonyl (C=O) groups excluding carboxylic acids is 1. The summed E-state index contributed by atoms with van der Waals surface area (Å²) in [6.07, 6.45) is 6.77. The summed E-state index contributed by atoms with van der Waals surface area (Å²) < 4.78 is 8.05. The van der Waals surface area contributed by atoms with Gasteiger partial charge in [0.15, 0.2) is 0 Å². The van der Waals surface area contributed by atoms with Crippen molar-refractivity contribution in [1.29, 1.82) is 0 Å². The van der Waals surface area contributed by atoms with E-state index in [1.54, 1.807) is 0 Å². The predicted octanol–water partition coefficient (Wildman–Crippen LogP) is 4.17. The molecule has 32 heavy (non-hydrogen) atoms. The van der Waals surface area contributed by atoms with Gasteiger partial charge in [-0.1, -0.05) is 31.0 Å². The number of fused-ring (bicyclic) bond motifs is 3. The van der Waals surface area contributed by atoms with Gasteiger partial charge in [0.25, 0.3) is 0 Å². The third kappa shape index (κ3) is 5.44. The van der Waals surface area contributed by atoms with E-state index in [1.807, 2.05) is 4.90 Å². The number of carboxylic acids is 1. The monoisotopic (exact) mass is 441 g/mol. The first-order valence-corrected chi connectivity index (χ1v) is 12.0. The number of aromatic nitrogens is 1. The van der Waals surface area contributed by atoms with Crippen molar-refractivity contribution in [1.82, 2.24) is 14.8 Å². The number of hydrogen-bond donors (Lipinski definition) is 2. The number of urea groups is 1. The van der Waals surface area contributed by atoms with Gasteiger partial charge < -0.3 is 24.6 Å². The first-order chi connectivity index (χ1) is 15.6. The summed E-state index contributed by atoms with van der Waals surface area (Å²) >= 11 is 0. The lowest BCUT2D eigenvalue weighted by molar-refractivity contribution is -0.137. The minimum absolute atomic E-state index is 0.00227. The van der Waals surface area contributed by atoms with Crippen molar-refractivity contribution in [2.24, 2.45) is 5.92 Å². The van der Waals surface area contributed by atoms with Gasteiger partial charge in [-0.25, -0.2) is 4.79 Å². The molecule has 7 heteroatoms. The third-order valence-corrected chi connectivity index (χ3v) is 6.82. The fourth-order valence-electron chi connectivity index (χ4n) is 5.03. The molecule has 1 aromatic heterocycles. The molecule has 3 heterocycles. The standard InChI is InChI=1S/C25H35N3O4/c29-24(30)9-3-1-2-6-13-26-25(31)27-14-10-23-21(18-27)20-7-4-5-8-22(20)28(23)17-19-11-15-32-16-12-19/h4-5,7-8,19H,1-3,6,9-18H2,(H,26,31)(H,29,30). The molecule has 2 aromatic rings. The second kappa shape index (κ2) is 10.9. The number of benzene rings is 1. The van der Waals surface area contributed by atoms with Crippen molar-refractivity contribution in [3.63, 3.8) is 0 Å². The van der Waals surface area contributed by atoms with Gasteiger partial charge in [0.05, 0.1) is 0 Å².